The van der Waals surface area contributed by atoms with E-state index in [0.717, 1.165) is 5.56 Å². The minimum absolute atomic E-state index is 0.0130. The Bertz CT molecular complexity index is 1820. The van der Waals surface area contributed by atoms with E-state index in [1.165, 1.54) is 43.1 Å². The second-order valence-electron chi connectivity index (χ2n) is 15.2. The number of esters is 2. The van der Waals surface area contributed by atoms with Gasteiger partial charge in [0, 0.05) is 45.0 Å². The maximum Gasteiger partial charge on any atom is 0.328 e. The number of carbonyl (C=O) groups is 5. The number of nitrogens with zero attached hydrogens (tertiary/aromatic N) is 3. The highest BCUT2D eigenvalue weighted by atomic mass is 16.6. The van der Waals surface area contributed by atoms with Gasteiger partial charge in [0.1, 0.15) is 35.7 Å². The molecule has 3 aromatic rings. The van der Waals surface area contributed by atoms with E-state index in [9.17, 15) is 29.1 Å². The zero-order valence-electron chi connectivity index (χ0n) is 35.4. The fourth-order valence-electron chi connectivity index (χ4n) is 6.44. The number of nitrogens with one attached hydrogen (secondary N) is 1. The van der Waals surface area contributed by atoms with Crippen LogP contribution in [0.1, 0.15) is 50.8 Å². The Kier molecular flexibility index (Phi) is 17.5. The quantitative estimate of drug-likeness (QED) is 0.126. The number of ether oxygens (including phenoxy) is 3. The number of phenols is 1. The highest BCUT2D eigenvalue weighted by Gasteiger charge is 2.40. The smallest absolute Gasteiger partial charge is 0.328 e. The van der Waals surface area contributed by atoms with Crippen LogP contribution >= 0.6 is 0 Å². The molecule has 6 atom stereocenters. The van der Waals surface area contributed by atoms with Crippen molar-refractivity contribution in [3.63, 3.8) is 0 Å². The molecule has 0 saturated carbocycles. The summed E-state index contributed by atoms with van der Waals surface area (Å²) >= 11 is 0. The number of amides is 3. The van der Waals surface area contributed by atoms with Crippen molar-refractivity contribution in [1.29, 1.82) is 0 Å². The molecule has 14 nitrogen and oxygen atoms in total. The predicted molar refractivity (Wildman–Crippen MR) is 220 cm³/mol. The van der Waals surface area contributed by atoms with Crippen molar-refractivity contribution >= 4 is 29.7 Å². The average molecular weight is 806 g/mol. The summed E-state index contributed by atoms with van der Waals surface area (Å²) in [5, 5.41) is 20.6. The van der Waals surface area contributed by atoms with Gasteiger partial charge in [-0.05, 0) is 85.9 Å². The largest absolute Gasteiger partial charge is 0.593 e. The molecular weight excluding hydrogens is 745 g/mol. The van der Waals surface area contributed by atoms with Gasteiger partial charge in [-0.25, -0.2) is 4.79 Å². The Labute approximate surface area is 342 Å². The lowest BCUT2D eigenvalue weighted by Crippen LogP contribution is -2.59. The third-order valence-corrected chi connectivity index (χ3v) is 10.5. The molecule has 0 aliphatic rings. The lowest BCUT2D eigenvalue weighted by molar-refractivity contribution is -0.164. The van der Waals surface area contributed by atoms with Gasteiger partial charge in [0.2, 0.25) is 11.8 Å². The Morgan fingerprint density at radius 2 is 1.17 bits per heavy atom. The molecule has 14 heteroatoms. The van der Waals surface area contributed by atoms with E-state index in [2.05, 4.69) is 5.32 Å². The van der Waals surface area contributed by atoms with Gasteiger partial charge < -0.3 is 39.5 Å². The summed E-state index contributed by atoms with van der Waals surface area (Å²) in [6, 6.07) is 16.0. The zero-order chi connectivity index (χ0) is 43.3. The van der Waals surface area contributed by atoms with Crippen molar-refractivity contribution in [3.05, 3.63) is 89.5 Å². The normalized spacial score (nSPS) is 14.3. The summed E-state index contributed by atoms with van der Waals surface area (Å²) in [7, 11) is 9.25. The van der Waals surface area contributed by atoms with Gasteiger partial charge in [0.25, 0.3) is 11.7 Å². The average Bonchev–Trinajstić information content (AvgIpc) is 3.21. The van der Waals surface area contributed by atoms with Crippen LogP contribution in [-0.2, 0) is 52.7 Å². The topological polar surface area (TPSA) is 178 Å². The Balaban J connectivity index is 1.92. The number of phenolic OH excluding ortho intramolecular Hbond substituents is 1. The predicted octanol–water partition coefficient (Wildman–Crippen LogP) is 3.72. The second-order valence-corrected chi connectivity index (χ2v) is 15.2. The van der Waals surface area contributed by atoms with Crippen LogP contribution < -0.4 is 10.1 Å². The first-order valence-corrected chi connectivity index (χ1v) is 19.4. The van der Waals surface area contributed by atoms with E-state index in [4.69, 9.17) is 19.3 Å². The summed E-state index contributed by atoms with van der Waals surface area (Å²) in [6.07, 6.45) is -0.295. The molecule has 3 amide bonds. The third kappa shape index (κ3) is 12.7. The summed E-state index contributed by atoms with van der Waals surface area (Å²) in [4.78, 5) is 74.3. The van der Waals surface area contributed by atoms with Crippen LogP contribution in [-0.4, -0.2) is 127 Å². The van der Waals surface area contributed by atoms with Crippen molar-refractivity contribution in [1.82, 2.24) is 20.0 Å². The first kappa shape index (κ1) is 46.8. The highest BCUT2D eigenvalue weighted by Crippen LogP contribution is 2.22. The number of hydrogen-bond acceptors (Lipinski definition) is 10. The summed E-state index contributed by atoms with van der Waals surface area (Å²) in [6.45, 7) is 7.19. The van der Waals surface area contributed by atoms with Crippen LogP contribution in [0.5, 0.6) is 17.2 Å². The molecule has 0 aliphatic heterocycles. The molecule has 0 heterocycles. The number of benzene rings is 3. The maximum atomic E-state index is 14.5. The van der Waals surface area contributed by atoms with Gasteiger partial charge in [0.15, 0.2) is 6.10 Å². The first-order valence-electron chi connectivity index (χ1n) is 19.4. The lowest BCUT2D eigenvalue weighted by atomic mass is 9.96. The van der Waals surface area contributed by atoms with Crippen LogP contribution in [0.4, 0.5) is 0 Å². The molecule has 0 bridgehead atoms. The van der Waals surface area contributed by atoms with Crippen molar-refractivity contribution in [3.8, 4) is 17.2 Å². The van der Waals surface area contributed by atoms with E-state index in [1.54, 1.807) is 95.4 Å². The van der Waals surface area contributed by atoms with E-state index in [1.807, 2.05) is 19.1 Å². The summed E-state index contributed by atoms with van der Waals surface area (Å²) in [5.41, 5.74) is 2.20. The Morgan fingerprint density at radius 3 is 1.66 bits per heavy atom. The van der Waals surface area contributed by atoms with Crippen molar-refractivity contribution < 1.29 is 48.4 Å². The molecule has 0 unspecified atom stereocenters. The van der Waals surface area contributed by atoms with E-state index in [0.29, 0.717) is 35.5 Å². The van der Waals surface area contributed by atoms with E-state index < -0.39 is 71.8 Å². The van der Waals surface area contributed by atoms with Crippen LogP contribution in [0, 0.1) is 11.8 Å². The van der Waals surface area contributed by atoms with Gasteiger partial charge in [0.05, 0.1) is 14.2 Å². The second kappa shape index (κ2) is 21.8. The van der Waals surface area contributed by atoms with Crippen LogP contribution in [0.15, 0.2) is 72.8 Å². The minimum Gasteiger partial charge on any atom is -0.593 e. The molecule has 4 N–H and O–H groups in total. The van der Waals surface area contributed by atoms with Gasteiger partial charge in [-0.2, -0.15) is 0 Å². The number of likely N-dealkylation sites (N-methyl/N-ethyl adjacent to an activating group) is 3. The van der Waals surface area contributed by atoms with E-state index >= 15 is 0 Å². The monoisotopic (exact) mass is 805 g/mol. The molecule has 0 aromatic heterocycles. The van der Waals surface area contributed by atoms with Crippen LogP contribution in [0.25, 0.3) is 0 Å². The van der Waals surface area contributed by atoms with Crippen LogP contribution in [0.2, 0.25) is 0 Å². The molecular formula is C44H61N4O10+. The number of aromatic hydroxyl groups is 1. The number of methoxy groups -OCH3 is 2. The molecule has 0 spiro atoms. The molecule has 0 saturated heterocycles. The van der Waals surface area contributed by atoms with Gasteiger partial charge >= 0.3 is 11.9 Å². The van der Waals surface area contributed by atoms with E-state index in [-0.39, 0.29) is 18.6 Å². The van der Waals surface area contributed by atoms with Gasteiger partial charge in [-0.3, -0.25) is 24.1 Å². The molecule has 3 rings (SSSR count). The molecule has 316 valence electrons. The fraction of sp³-hybridized carbons (Fsp3) is 0.477. The molecule has 0 aliphatic carbocycles. The molecule has 3 aromatic carbocycles. The SMILES string of the molecule is CC[C@H](C)[C@@H](OC(=O)[C@@H](Cc1ccc(OC)cc1)N(C)C)C(=O)N[C@@H](C(=O)N(C)[C@H](Cc1ccc(O)cc1)C(=O)N(C)[C@H](Cc1ccc([OH2+])cc1)C(=O)OC)C(C)C. The molecule has 0 fully saturated rings. The standard InChI is InChI=1S/C44H60N4O10/c1-11-28(4)39(58-44(55)36(46(5)6)25-31-16-22-34(56-9)23-17-31)40(51)45-38(27(2)3)42(53)47(7)35(24-29-12-18-32(49)19-13-29)41(52)48(8)37(43(54)57-10)26-30-14-20-33(50)21-15-30/h12-23,27-28,35-39,49-50H,11,24-26H2,1-10H3,(H,45,51)/p+1/t28-,35+,36+,37+,38+,39+/m0/s1. The summed E-state index contributed by atoms with van der Waals surface area (Å²) < 4.78 is 16.3. The number of hydrogen-bond donors (Lipinski definition) is 2. The van der Waals surface area contributed by atoms with Crippen molar-refractivity contribution in [2.75, 3.05) is 42.4 Å². The summed E-state index contributed by atoms with van der Waals surface area (Å²) in [5.74, 6) is -2.91. The van der Waals surface area contributed by atoms with Crippen molar-refractivity contribution in [2.24, 2.45) is 11.8 Å². The molecule has 0 radical (unpaired) electrons. The minimum atomic E-state index is -1.22. The van der Waals surface area contributed by atoms with Gasteiger partial charge in [-0.15, -0.1) is 0 Å². The maximum absolute atomic E-state index is 14.5. The fourth-order valence-corrected chi connectivity index (χ4v) is 6.44. The van der Waals surface area contributed by atoms with Crippen molar-refractivity contribution in [2.45, 2.75) is 83.6 Å². The number of rotatable bonds is 20. The van der Waals surface area contributed by atoms with Crippen LogP contribution in [0.3, 0.4) is 0 Å². The highest BCUT2D eigenvalue weighted by molar-refractivity contribution is 5.95. The lowest BCUT2D eigenvalue weighted by Gasteiger charge is -2.36. The first-order chi connectivity index (χ1) is 27.4. The number of carbonyl (C=O) groups excluding carboxylic acids is 5. The third-order valence-electron chi connectivity index (χ3n) is 10.5. The van der Waals surface area contributed by atoms with Gasteiger partial charge in [-0.1, -0.05) is 52.0 Å². The zero-order valence-corrected chi connectivity index (χ0v) is 35.4. The Morgan fingerprint density at radius 1 is 0.690 bits per heavy atom. The molecule has 58 heavy (non-hydrogen) atoms. The Hall–Kier alpha value is -5.63.